The SMILES string of the molecule is CC(C)N1C(=O)c2ccccc2NC1c1c(OCC2CCCO2)ccc2ccccc12. The molecule has 5 rings (SSSR count). The number of rotatable bonds is 5. The fraction of sp³-hybridized carbons (Fsp3) is 0.346. The zero-order valence-corrected chi connectivity index (χ0v) is 18.0. The van der Waals surface area contributed by atoms with Crippen LogP contribution in [0.4, 0.5) is 5.69 Å². The maximum absolute atomic E-state index is 13.5. The molecule has 0 aliphatic carbocycles. The number of benzene rings is 3. The van der Waals surface area contributed by atoms with Crippen LogP contribution in [-0.4, -0.2) is 36.2 Å². The van der Waals surface area contributed by atoms with Gasteiger partial charge < -0.3 is 19.7 Å². The Bertz CT molecular complexity index is 1100. The number of anilines is 1. The number of amides is 1. The summed E-state index contributed by atoms with van der Waals surface area (Å²) in [5, 5.41) is 5.84. The number of carbonyl (C=O) groups excluding carboxylic acids is 1. The highest BCUT2D eigenvalue weighted by molar-refractivity contribution is 6.02. The van der Waals surface area contributed by atoms with Gasteiger partial charge in [0.1, 0.15) is 18.5 Å². The molecule has 5 nitrogen and oxygen atoms in total. The Labute approximate surface area is 183 Å². The number of fused-ring (bicyclic) bond motifs is 2. The van der Waals surface area contributed by atoms with Crippen molar-refractivity contribution < 1.29 is 14.3 Å². The molecule has 3 aromatic rings. The van der Waals surface area contributed by atoms with E-state index in [1.165, 1.54) is 0 Å². The first-order chi connectivity index (χ1) is 15.1. The molecule has 2 atom stereocenters. The summed E-state index contributed by atoms with van der Waals surface area (Å²) in [5.41, 5.74) is 2.55. The molecule has 1 N–H and O–H groups in total. The second kappa shape index (κ2) is 8.23. The summed E-state index contributed by atoms with van der Waals surface area (Å²) >= 11 is 0. The van der Waals surface area contributed by atoms with E-state index >= 15 is 0 Å². The molecule has 1 fully saturated rings. The van der Waals surface area contributed by atoms with Crippen molar-refractivity contribution in [3.05, 3.63) is 71.8 Å². The van der Waals surface area contributed by atoms with Crippen LogP contribution in [0, 0.1) is 0 Å². The molecule has 0 aromatic heterocycles. The summed E-state index contributed by atoms with van der Waals surface area (Å²) in [6.07, 6.45) is 1.90. The molecule has 1 saturated heterocycles. The molecular weight excluding hydrogens is 388 g/mol. The van der Waals surface area contributed by atoms with E-state index in [2.05, 4.69) is 37.4 Å². The van der Waals surface area contributed by atoms with E-state index < -0.39 is 0 Å². The van der Waals surface area contributed by atoms with E-state index in [1.54, 1.807) is 0 Å². The normalized spacial score (nSPS) is 20.7. The van der Waals surface area contributed by atoms with Crippen molar-refractivity contribution in [2.24, 2.45) is 0 Å². The fourth-order valence-corrected chi connectivity index (χ4v) is 4.65. The molecule has 1 amide bonds. The van der Waals surface area contributed by atoms with Crippen LogP contribution in [0.1, 0.15) is 48.8 Å². The highest BCUT2D eigenvalue weighted by Crippen LogP contribution is 2.41. The highest BCUT2D eigenvalue weighted by Gasteiger charge is 2.37. The third-order valence-electron chi connectivity index (χ3n) is 6.17. The minimum absolute atomic E-state index is 0.0170. The number of hydrogen-bond acceptors (Lipinski definition) is 4. The van der Waals surface area contributed by atoms with Gasteiger partial charge in [-0.3, -0.25) is 4.79 Å². The van der Waals surface area contributed by atoms with E-state index in [1.807, 2.05) is 47.4 Å². The lowest BCUT2D eigenvalue weighted by atomic mass is 9.96. The summed E-state index contributed by atoms with van der Waals surface area (Å²) in [5.74, 6) is 0.830. The topological polar surface area (TPSA) is 50.8 Å². The van der Waals surface area contributed by atoms with E-state index in [0.29, 0.717) is 12.2 Å². The maximum atomic E-state index is 13.5. The minimum atomic E-state index is -0.326. The third kappa shape index (κ3) is 3.63. The Morgan fingerprint density at radius 2 is 1.90 bits per heavy atom. The number of carbonyl (C=O) groups is 1. The van der Waals surface area contributed by atoms with Crippen molar-refractivity contribution >= 4 is 22.4 Å². The Balaban J connectivity index is 1.62. The van der Waals surface area contributed by atoms with Crippen LogP contribution in [0.2, 0.25) is 0 Å². The van der Waals surface area contributed by atoms with Gasteiger partial charge in [-0.2, -0.15) is 0 Å². The first-order valence-electron chi connectivity index (χ1n) is 11.1. The van der Waals surface area contributed by atoms with Gasteiger partial charge in [-0.05, 0) is 55.7 Å². The van der Waals surface area contributed by atoms with E-state index in [9.17, 15) is 4.79 Å². The van der Waals surface area contributed by atoms with Crippen LogP contribution in [0.3, 0.4) is 0 Å². The molecule has 3 aromatic carbocycles. The molecule has 160 valence electrons. The molecular formula is C26H28N2O3. The Morgan fingerprint density at radius 3 is 2.71 bits per heavy atom. The van der Waals surface area contributed by atoms with Crippen LogP contribution in [-0.2, 0) is 4.74 Å². The predicted molar refractivity (Wildman–Crippen MR) is 123 cm³/mol. The molecule has 0 saturated carbocycles. The van der Waals surface area contributed by atoms with Crippen LogP contribution in [0.25, 0.3) is 10.8 Å². The lowest BCUT2D eigenvalue weighted by Gasteiger charge is -2.41. The lowest BCUT2D eigenvalue weighted by molar-refractivity contribution is 0.0591. The molecule has 5 heteroatoms. The van der Waals surface area contributed by atoms with Gasteiger partial charge in [0.05, 0.1) is 11.7 Å². The first kappa shape index (κ1) is 19.9. The highest BCUT2D eigenvalue weighted by atomic mass is 16.5. The van der Waals surface area contributed by atoms with Crippen molar-refractivity contribution in [2.75, 3.05) is 18.5 Å². The average molecular weight is 417 g/mol. The first-order valence-corrected chi connectivity index (χ1v) is 11.1. The van der Waals surface area contributed by atoms with Crippen LogP contribution in [0.5, 0.6) is 5.75 Å². The number of hydrogen-bond donors (Lipinski definition) is 1. The van der Waals surface area contributed by atoms with Crippen molar-refractivity contribution in [3.63, 3.8) is 0 Å². The number of nitrogens with one attached hydrogen (secondary N) is 1. The Morgan fingerprint density at radius 1 is 1.10 bits per heavy atom. The maximum Gasteiger partial charge on any atom is 0.258 e. The van der Waals surface area contributed by atoms with Gasteiger partial charge in [0.25, 0.3) is 5.91 Å². The predicted octanol–water partition coefficient (Wildman–Crippen LogP) is 5.37. The fourth-order valence-electron chi connectivity index (χ4n) is 4.65. The van der Waals surface area contributed by atoms with Gasteiger partial charge in [0.2, 0.25) is 0 Å². The molecule has 2 aliphatic rings. The summed E-state index contributed by atoms with van der Waals surface area (Å²) in [4.78, 5) is 15.4. The molecule has 0 spiro atoms. The molecule has 0 bridgehead atoms. The molecule has 2 unspecified atom stereocenters. The van der Waals surface area contributed by atoms with E-state index in [0.717, 1.165) is 47.2 Å². The quantitative estimate of drug-likeness (QED) is 0.607. The Kier molecular flexibility index (Phi) is 5.28. The second-order valence-electron chi connectivity index (χ2n) is 8.54. The zero-order valence-electron chi connectivity index (χ0n) is 18.0. The number of para-hydroxylation sites is 1. The minimum Gasteiger partial charge on any atom is -0.490 e. The molecule has 31 heavy (non-hydrogen) atoms. The van der Waals surface area contributed by atoms with Crippen molar-refractivity contribution in [2.45, 2.75) is 45.0 Å². The zero-order chi connectivity index (χ0) is 21.4. The van der Waals surface area contributed by atoms with Gasteiger partial charge in [0.15, 0.2) is 0 Å². The summed E-state index contributed by atoms with van der Waals surface area (Å²) < 4.78 is 12.1. The van der Waals surface area contributed by atoms with Gasteiger partial charge in [-0.1, -0.05) is 42.5 Å². The van der Waals surface area contributed by atoms with E-state index in [-0.39, 0.29) is 24.2 Å². The second-order valence-corrected chi connectivity index (χ2v) is 8.54. The van der Waals surface area contributed by atoms with Crippen molar-refractivity contribution in [1.82, 2.24) is 4.90 Å². The van der Waals surface area contributed by atoms with Gasteiger partial charge in [-0.15, -0.1) is 0 Å². The summed E-state index contributed by atoms with van der Waals surface area (Å²) in [6.45, 7) is 5.43. The lowest BCUT2D eigenvalue weighted by Crippen LogP contribution is -2.46. The molecule has 0 radical (unpaired) electrons. The molecule has 2 heterocycles. The van der Waals surface area contributed by atoms with Crippen molar-refractivity contribution in [3.8, 4) is 5.75 Å². The average Bonchev–Trinajstić information content (AvgIpc) is 3.30. The monoisotopic (exact) mass is 416 g/mol. The van der Waals surface area contributed by atoms with Crippen LogP contribution in [0.15, 0.2) is 60.7 Å². The van der Waals surface area contributed by atoms with Crippen LogP contribution < -0.4 is 10.1 Å². The smallest absolute Gasteiger partial charge is 0.258 e. The summed E-state index contributed by atoms with van der Waals surface area (Å²) in [7, 11) is 0. The van der Waals surface area contributed by atoms with Gasteiger partial charge in [0, 0.05) is 23.9 Å². The van der Waals surface area contributed by atoms with Crippen LogP contribution >= 0.6 is 0 Å². The van der Waals surface area contributed by atoms with Gasteiger partial charge in [-0.25, -0.2) is 0 Å². The molecule has 2 aliphatic heterocycles. The summed E-state index contributed by atoms with van der Waals surface area (Å²) in [6, 6.07) is 20.1. The van der Waals surface area contributed by atoms with Crippen molar-refractivity contribution in [1.29, 1.82) is 0 Å². The van der Waals surface area contributed by atoms with E-state index in [4.69, 9.17) is 9.47 Å². The Hall–Kier alpha value is -3.05. The van der Waals surface area contributed by atoms with Gasteiger partial charge >= 0.3 is 0 Å². The third-order valence-corrected chi connectivity index (χ3v) is 6.17. The largest absolute Gasteiger partial charge is 0.490 e. The number of ether oxygens (including phenoxy) is 2. The number of nitrogens with zero attached hydrogens (tertiary/aromatic N) is 1. The standard InChI is InChI=1S/C26H28N2O3/c1-17(2)28-25(27-22-12-6-5-11-21(22)26(28)29)24-20-10-4-3-8-18(20)13-14-23(24)31-16-19-9-7-15-30-19/h3-6,8,10-14,17,19,25,27H,7,9,15-16H2,1-2H3.